The first-order valence-corrected chi connectivity index (χ1v) is 11.7. The van der Waals surface area contributed by atoms with Gasteiger partial charge >= 0.3 is 0 Å². The minimum absolute atomic E-state index is 0.0319. The summed E-state index contributed by atoms with van der Waals surface area (Å²) in [6, 6.07) is 9.36. The van der Waals surface area contributed by atoms with Gasteiger partial charge in [0.15, 0.2) is 0 Å². The fourth-order valence-electron chi connectivity index (χ4n) is 4.42. The van der Waals surface area contributed by atoms with Crippen molar-refractivity contribution in [1.82, 2.24) is 29.7 Å². The molecule has 1 atom stereocenters. The maximum Gasteiger partial charge on any atom is 0.150 e. The van der Waals surface area contributed by atoms with Crippen LogP contribution in [0.5, 0.6) is 11.5 Å². The molecule has 8 nitrogen and oxygen atoms in total. The number of halogens is 1. The van der Waals surface area contributed by atoms with Crippen molar-refractivity contribution in [3.63, 3.8) is 0 Å². The molecular formula is C25H23ClN6O2. The van der Waals surface area contributed by atoms with E-state index in [1.54, 1.807) is 6.20 Å². The Morgan fingerprint density at radius 1 is 1.09 bits per heavy atom. The van der Waals surface area contributed by atoms with Gasteiger partial charge in [-0.05, 0) is 57.4 Å². The molecule has 1 N–H and O–H groups in total. The molecule has 1 unspecified atom stereocenters. The number of fused-ring (bicyclic) bond motifs is 2. The van der Waals surface area contributed by atoms with Crippen LogP contribution in [-0.2, 0) is 4.74 Å². The Hall–Kier alpha value is -3.49. The molecule has 9 heteroatoms. The number of aromatic amines is 1. The molecule has 4 heterocycles. The molecule has 1 aliphatic heterocycles. The van der Waals surface area contributed by atoms with E-state index in [4.69, 9.17) is 26.1 Å². The topological polar surface area (TPSA) is 90.7 Å². The van der Waals surface area contributed by atoms with Gasteiger partial charge in [-0.3, -0.25) is 4.98 Å². The standard InChI is InChI=1S/C25H23ClN6O2/c1-14-17(12-28-32(14)23-5-3-4-10-33-23)21-13-27-19-8-9-22(24(26)25(19)31-21)34-16-6-7-18-20(11-16)30-15(2)29-18/h6-9,11-13,23H,3-5,10H2,1-2H3,(H,29,30). The normalized spacial score (nSPS) is 16.4. The summed E-state index contributed by atoms with van der Waals surface area (Å²) in [5, 5.41) is 4.99. The summed E-state index contributed by atoms with van der Waals surface area (Å²) in [7, 11) is 0. The predicted molar refractivity (Wildman–Crippen MR) is 130 cm³/mol. The molecule has 3 aromatic heterocycles. The Morgan fingerprint density at radius 3 is 2.82 bits per heavy atom. The van der Waals surface area contributed by atoms with Gasteiger partial charge in [0.1, 0.15) is 34.1 Å². The lowest BCUT2D eigenvalue weighted by atomic mass is 10.1. The highest BCUT2D eigenvalue weighted by Crippen LogP contribution is 2.36. The lowest BCUT2D eigenvalue weighted by Gasteiger charge is -2.24. The molecular weight excluding hydrogens is 452 g/mol. The molecule has 172 valence electrons. The second-order valence-electron chi connectivity index (χ2n) is 8.51. The molecule has 1 saturated heterocycles. The minimum Gasteiger partial charge on any atom is -0.456 e. The van der Waals surface area contributed by atoms with Gasteiger partial charge in [0.25, 0.3) is 0 Å². The SMILES string of the molecule is Cc1nc2ccc(Oc3ccc4ncc(-c5cnn(C6CCCCO6)c5C)nc4c3Cl)cc2[nH]1. The van der Waals surface area contributed by atoms with Crippen molar-refractivity contribution in [2.75, 3.05) is 6.61 Å². The van der Waals surface area contributed by atoms with E-state index in [0.717, 1.165) is 54.0 Å². The van der Waals surface area contributed by atoms with Gasteiger partial charge in [-0.1, -0.05) is 11.6 Å². The van der Waals surface area contributed by atoms with E-state index in [0.29, 0.717) is 33.2 Å². The summed E-state index contributed by atoms with van der Waals surface area (Å²) in [6.45, 7) is 4.71. The maximum absolute atomic E-state index is 6.75. The molecule has 1 fully saturated rings. The fraction of sp³-hybridized carbons (Fsp3) is 0.280. The summed E-state index contributed by atoms with van der Waals surface area (Å²) >= 11 is 6.75. The first kappa shape index (κ1) is 21.1. The molecule has 6 rings (SSSR count). The summed E-state index contributed by atoms with van der Waals surface area (Å²) in [4.78, 5) is 17.1. The van der Waals surface area contributed by atoms with Crippen molar-refractivity contribution in [3.05, 3.63) is 59.3 Å². The number of hydrogen-bond donors (Lipinski definition) is 1. The van der Waals surface area contributed by atoms with Crippen LogP contribution in [0.25, 0.3) is 33.3 Å². The molecule has 0 amide bonds. The van der Waals surface area contributed by atoms with Gasteiger partial charge in [0.2, 0.25) is 0 Å². The van der Waals surface area contributed by atoms with Gasteiger partial charge < -0.3 is 14.5 Å². The number of ether oxygens (including phenoxy) is 2. The monoisotopic (exact) mass is 474 g/mol. The average Bonchev–Trinajstić information content (AvgIpc) is 3.42. The minimum atomic E-state index is -0.0319. The van der Waals surface area contributed by atoms with E-state index >= 15 is 0 Å². The molecule has 0 spiro atoms. The van der Waals surface area contributed by atoms with E-state index in [1.807, 2.05) is 55.1 Å². The Balaban J connectivity index is 1.35. The maximum atomic E-state index is 6.75. The number of aromatic nitrogens is 6. The summed E-state index contributed by atoms with van der Waals surface area (Å²) in [5.74, 6) is 2.03. The van der Waals surface area contributed by atoms with E-state index < -0.39 is 0 Å². The van der Waals surface area contributed by atoms with E-state index in [9.17, 15) is 0 Å². The number of aryl methyl sites for hydroxylation is 1. The highest BCUT2D eigenvalue weighted by atomic mass is 35.5. The lowest BCUT2D eigenvalue weighted by Crippen LogP contribution is -2.20. The first-order valence-electron chi connectivity index (χ1n) is 11.3. The first-order chi connectivity index (χ1) is 16.6. The highest BCUT2D eigenvalue weighted by Gasteiger charge is 2.21. The average molecular weight is 475 g/mol. The van der Waals surface area contributed by atoms with Crippen LogP contribution in [0.1, 0.15) is 37.0 Å². The van der Waals surface area contributed by atoms with Crippen LogP contribution in [0.2, 0.25) is 5.02 Å². The van der Waals surface area contributed by atoms with Gasteiger partial charge in [-0.25, -0.2) is 14.6 Å². The third-order valence-electron chi connectivity index (χ3n) is 6.17. The second-order valence-corrected chi connectivity index (χ2v) is 8.89. The van der Waals surface area contributed by atoms with Crippen molar-refractivity contribution < 1.29 is 9.47 Å². The molecule has 0 bridgehead atoms. The van der Waals surface area contributed by atoms with Gasteiger partial charge in [0.05, 0.1) is 34.6 Å². The Kier molecular flexibility index (Phi) is 5.19. The largest absolute Gasteiger partial charge is 0.456 e. The van der Waals surface area contributed by atoms with Crippen LogP contribution >= 0.6 is 11.6 Å². The number of imidazole rings is 1. The number of rotatable bonds is 4. The zero-order chi connectivity index (χ0) is 23.2. The Bertz CT molecular complexity index is 1520. The number of hydrogen-bond acceptors (Lipinski definition) is 6. The zero-order valence-electron chi connectivity index (χ0n) is 18.9. The third-order valence-corrected chi connectivity index (χ3v) is 6.53. The van der Waals surface area contributed by atoms with Crippen LogP contribution in [0.15, 0.2) is 42.7 Å². The Morgan fingerprint density at radius 2 is 1.97 bits per heavy atom. The highest BCUT2D eigenvalue weighted by molar-refractivity contribution is 6.36. The van der Waals surface area contributed by atoms with Crippen molar-refractivity contribution in [2.24, 2.45) is 0 Å². The van der Waals surface area contributed by atoms with E-state index in [-0.39, 0.29) is 6.23 Å². The third kappa shape index (κ3) is 3.69. The molecule has 34 heavy (non-hydrogen) atoms. The summed E-state index contributed by atoms with van der Waals surface area (Å²) in [5.41, 5.74) is 5.68. The number of H-pyrrole nitrogens is 1. The quantitative estimate of drug-likeness (QED) is 0.337. The van der Waals surface area contributed by atoms with Crippen molar-refractivity contribution in [3.8, 4) is 22.8 Å². The van der Waals surface area contributed by atoms with Gasteiger partial charge in [-0.2, -0.15) is 5.10 Å². The zero-order valence-corrected chi connectivity index (χ0v) is 19.6. The molecule has 0 aliphatic carbocycles. The van der Waals surface area contributed by atoms with Crippen LogP contribution in [-0.4, -0.2) is 36.3 Å². The lowest BCUT2D eigenvalue weighted by molar-refractivity contribution is -0.0406. The predicted octanol–water partition coefficient (Wildman–Crippen LogP) is 6.13. The van der Waals surface area contributed by atoms with Crippen molar-refractivity contribution in [2.45, 2.75) is 39.3 Å². The van der Waals surface area contributed by atoms with Crippen LogP contribution in [0, 0.1) is 13.8 Å². The Labute approximate surface area is 200 Å². The smallest absolute Gasteiger partial charge is 0.150 e. The van der Waals surface area contributed by atoms with Crippen molar-refractivity contribution >= 4 is 33.7 Å². The van der Waals surface area contributed by atoms with Gasteiger partial charge in [0, 0.05) is 23.9 Å². The molecule has 1 aliphatic rings. The number of nitrogens with zero attached hydrogens (tertiary/aromatic N) is 5. The number of benzene rings is 2. The molecule has 5 aromatic rings. The summed E-state index contributed by atoms with van der Waals surface area (Å²) in [6.07, 6.45) is 6.73. The van der Waals surface area contributed by atoms with E-state index in [2.05, 4.69) is 20.1 Å². The second kappa shape index (κ2) is 8.38. The van der Waals surface area contributed by atoms with E-state index in [1.165, 1.54) is 0 Å². The molecule has 2 aromatic carbocycles. The summed E-state index contributed by atoms with van der Waals surface area (Å²) < 4.78 is 14.0. The molecule has 0 saturated carbocycles. The van der Waals surface area contributed by atoms with Crippen molar-refractivity contribution in [1.29, 1.82) is 0 Å². The van der Waals surface area contributed by atoms with Gasteiger partial charge in [-0.15, -0.1) is 0 Å². The molecule has 0 radical (unpaired) electrons. The van der Waals surface area contributed by atoms with Crippen LogP contribution in [0.4, 0.5) is 0 Å². The van der Waals surface area contributed by atoms with Crippen LogP contribution in [0.3, 0.4) is 0 Å². The fourth-order valence-corrected chi connectivity index (χ4v) is 4.66. The number of nitrogens with one attached hydrogen (secondary N) is 1. The van der Waals surface area contributed by atoms with Crippen LogP contribution < -0.4 is 4.74 Å².